The quantitative estimate of drug-likeness (QED) is 0.805. The number of nitrogens with one attached hydrogen (secondary N) is 1. The molecule has 0 bridgehead atoms. The first-order valence-electron chi connectivity index (χ1n) is 7.04. The van der Waals surface area contributed by atoms with Crippen molar-refractivity contribution in [2.24, 2.45) is 5.92 Å². The van der Waals surface area contributed by atoms with Crippen LogP contribution in [-0.4, -0.2) is 11.0 Å². The zero-order chi connectivity index (χ0) is 14.2. The Morgan fingerprint density at radius 3 is 2.32 bits per heavy atom. The summed E-state index contributed by atoms with van der Waals surface area (Å²) >= 11 is 0. The molecule has 0 heterocycles. The Kier molecular flexibility index (Phi) is 3.83. The minimum Gasteiger partial charge on any atom is -0.507 e. The summed E-state index contributed by atoms with van der Waals surface area (Å²) in [4.78, 5) is 11.2. The molecule has 3 nitrogen and oxygen atoms in total. The van der Waals surface area contributed by atoms with Gasteiger partial charge in [0, 0.05) is 12.6 Å². The van der Waals surface area contributed by atoms with E-state index in [0.29, 0.717) is 17.6 Å². The van der Waals surface area contributed by atoms with Crippen molar-refractivity contribution in [2.75, 3.05) is 5.32 Å². The van der Waals surface area contributed by atoms with Crippen LogP contribution in [0.15, 0.2) is 12.1 Å². The highest BCUT2D eigenvalue weighted by atomic mass is 16.3. The van der Waals surface area contributed by atoms with Gasteiger partial charge >= 0.3 is 0 Å². The molecule has 1 amide bonds. The smallest absolute Gasteiger partial charge is 0.221 e. The van der Waals surface area contributed by atoms with Crippen LogP contribution in [0.5, 0.6) is 5.75 Å². The fourth-order valence-electron chi connectivity index (χ4n) is 2.59. The van der Waals surface area contributed by atoms with E-state index in [4.69, 9.17) is 0 Å². The van der Waals surface area contributed by atoms with Crippen LogP contribution in [0.25, 0.3) is 0 Å². The molecular formula is C16H23NO2. The third-order valence-electron chi connectivity index (χ3n) is 3.93. The van der Waals surface area contributed by atoms with Gasteiger partial charge in [-0.25, -0.2) is 0 Å². The van der Waals surface area contributed by atoms with E-state index in [1.165, 1.54) is 19.8 Å². The molecule has 1 fully saturated rings. The molecule has 1 aliphatic rings. The third-order valence-corrected chi connectivity index (χ3v) is 3.93. The monoisotopic (exact) mass is 261 g/mol. The Bertz CT molecular complexity index is 490. The zero-order valence-corrected chi connectivity index (χ0v) is 12.2. The zero-order valence-electron chi connectivity index (χ0n) is 12.2. The molecule has 0 aliphatic heterocycles. The molecule has 3 heteroatoms. The molecule has 0 radical (unpaired) electrons. The van der Waals surface area contributed by atoms with E-state index in [-0.39, 0.29) is 11.8 Å². The van der Waals surface area contributed by atoms with Crippen LogP contribution in [0.3, 0.4) is 0 Å². The number of carbonyl (C=O) groups excluding carboxylic acids is 1. The van der Waals surface area contributed by atoms with Crippen LogP contribution in [0.1, 0.15) is 63.5 Å². The number of aromatic hydroxyl groups is 1. The molecule has 19 heavy (non-hydrogen) atoms. The summed E-state index contributed by atoms with van der Waals surface area (Å²) in [5.74, 6) is 1.59. The molecule has 0 saturated heterocycles. The maximum atomic E-state index is 11.2. The molecular weight excluding hydrogens is 238 g/mol. The second-order valence-electron chi connectivity index (χ2n) is 5.97. The van der Waals surface area contributed by atoms with Gasteiger partial charge in [-0.3, -0.25) is 4.79 Å². The largest absolute Gasteiger partial charge is 0.507 e. The number of amides is 1. The average molecular weight is 261 g/mol. The van der Waals surface area contributed by atoms with E-state index in [1.807, 2.05) is 12.1 Å². The maximum absolute atomic E-state index is 11.2. The first kappa shape index (κ1) is 13.9. The number of hydrogen-bond acceptors (Lipinski definition) is 2. The van der Waals surface area contributed by atoms with Gasteiger partial charge in [0.1, 0.15) is 5.75 Å². The first-order valence-corrected chi connectivity index (χ1v) is 7.04. The Balaban J connectivity index is 2.44. The van der Waals surface area contributed by atoms with Crippen LogP contribution in [0, 0.1) is 5.92 Å². The van der Waals surface area contributed by atoms with Crippen molar-refractivity contribution < 1.29 is 9.90 Å². The van der Waals surface area contributed by atoms with Gasteiger partial charge in [0.15, 0.2) is 0 Å². The first-order chi connectivity index (χ1) is 8.90. The Morgan fingerprint density at radius 2 is 1.84 bits per heavy atom. The highest BCUT2D eigenvalue weighted by Gasteiger charge is 2.31. The van der Waals surface area contributed by atoms with E-state index < -0.39 is 0 Å². The van der Waals surface area contributed by atoms with Gasteiger partial charge < -0.3 is 10.4 Å². The Labute approximate surface area is 115 Å². The predicted molar refractivity (Wildman–Crippen MR) is 77.6 cm³/mol. The number of rotatable bonds is 4. The molecule has 104 valence electrons. The second-order valence-corrected chi connectivity index (χ2v) is 5.97. The molecule has 1 aromatic rings. The normalized spacial score (nSPS) is 16.5. The number of carbonyl (C=O) groups is 1. The standard InChI is InChI=1S/C16H23NO2/c1-9(2)14-7-13(17-11(4)18)8-15(16(14)19)10(3)12-5-6-12/h7-10,12,19H,5-6H2,1-4H3,(H,17,18)/t10-/m1/s1. The van der Waals surface area contributed by atoms with Gasteiger partial charge in [0.2, 0.25) is 5.91 Å². The van der Waals surface area contributed by atoms with E-state index in [0.717, 1.165) is 16.8 Å². The SMILES string of the molecule is CC(=O)Nc1cc(C(C)C)c(O)c([C@H](C)C2CC2)c1. The van der Waals surface area contributed by atoms with Crippen LogP contribution in [-0.2, 0) is 4.79 Å². The predicted octanol–water partition coefficient (Wildman–Crippen LogP) is 3.99. The summed E-state index contributed by atoms with van der Waals surface area (Å²) in [5, 5.41) is 13.3. The fraction of sp³-hybridized carbons (Fsp3) is 0.562. The molecule has 0 unspecified atom stereocenters. The van der Waals surface area contributed by atoms with Crippen LogP contribution < -0.4 is 5.32 Å². The van der Waals surface area contributed by atoms with Crippen LogP contribution in [0.2, 0.25) is 0 Å². The van der Waals surface area contributed by atoms with E-state index in [9.17, 15) is 9.90 Å². The fourth-order valence-corrected chi connectivity index (χ4v) is 2.59. The summed E-state index contributed by atoms with van der Waals surface area (Å²) in [6, 6.07) is 3.80. The number of benzene rings is 1. The summed E-state index contributed by atoms with van der Waals surface area (Å²) < 4.78 is 0. The highest BCUT2D eigenvalue weighted by Crippen LogP contribution is 2.47. The van der Waals surface area contributed by atoms with Crippen molar-refractivity contribution in [3.8, 4) is 5.75 Å². The van der Waals surface area contributed by atoms with E-state index >= 15 is 0 Å². The number of phenolic OH excluding ortho intramolecular Hbond substituents is 1. The van der Waals surface area contributed by atoms with Gasteiger partial charge in [0.05, 0.1) is 0 Å². The molecule has 1 aliphatic carbocycles. The Hall–Kier alpha value is -1.51. The topological polar surface area (TPSA) is 49.3 Å². The van der Waals surface area contributed by atoms with E-state index in [1.54, 1.807) is 0 Å². The molecule has 0 spiro atoms. The minimum absolute atomic E-state index is 0.0783. The maximum Gasteiger partial charge on any atom is 0.221 e. The molecule has 1 aromatic carbocycles. The third kappa shape index (κ3) is 3.09. The van der Waals surface area contributed by atoms with Gasteiger partial charge in [0.25, 0.3) is 0 Å². The van der Waals surface area contributed by atoms with Crippen molar-refractivity contribution in [1.29, 1.82) is 0 Å². The highest BCUT2D eigenvalue weighted by molar-refractivity contribution is 5.89. The van der Waals surface area contributed by atoms with Crippen LogP contribution >= 0.6 is 0 Å². The molecule has 2 N–H and O–H groups in total. The Morgan fingerprint density at radius 1 is 1.26 bits per heavy atom. The summed E-state index contributed by atoms with van der Waals surface area (Å²) in [5.41, 5.74) is 2.67. The minimum atomic E-state index is -0.0783. The lowest BCUT2D eigenvalue weighted by Gasteiger charge is -2.19. The van der Waals surface area contributed by atoms with Gasteiger partial charge in [-0.2, -0.15) is 0 Å². The number of phenols is 1. The lowest BCUT2D eigenvalue weighted by Crippen LogP contribution is -2.08. The summed E-state index contributed by atoms with van der Waals surface area (Å²) in [7, 11) is 0. The van der Waals surface area contributed by atoms with Crippen molar-refractivity contribution in [3.63, 3.8) is 0 Å². The van der Waals surface area contributed by atoms with Crippen molar-refractivity contribution in [2.45, 2.75) is 52.4 Å². The number of anilines is 1. The van der Waals surface area contributed by atoms with Gasteiger partial charge in [-0.1, -0.05) is 20.8 Å². The van der Waals surface area contributed by atoms with Gasteiger partial charge in [-0.15, -0.1) is 0 Å². The van der Waals surface area contributed by atoms with Gasteiger partial charge in [-0.05, 0) is 53.9 Å². The van der Waals surface area contributed by atoms with Crippen molar-refractivity contribution >= 4 is 11.6 Å². The van der Waals surface area contributed by atoms with Crippen molar-refractivity contribution in [3.05, 3.63) is 23.3 Å². The molecule has 1 saturated carbocycles. The van der Waals surface area contributed by atoms with E-state index in [2.05, 4.69) is 26.1 Å². The summed E-state index contributed by atoms with van der Waals surface area (Å²) in [6.07, 6.45) is 2.48. The average Bonchev–Trinajstić information content (AvgIpc) is 3.13. The molecule has 1 atom stereocenters. The number of hydrogen-bond donors (Lipinski definition) is 2. The summed E-state index contributed by atoms with van der Waals surface area (Å²) in [6.45, 7) is 7.77. The molecule has 0 aromatic heterocycles. The second kappa shape index (κ2) is 5.24. The molecule has 2 rings (SSSR count). The van der Waals surface area contributed by atoms with Crippen LogP contribution in [0.4, 0.5) is 5.69 Å². The lowest BCUT2D eigenvalue weighted by molar-refractivity contribution is -0.114. The lowest BCUT2D eigenvalue weighted by atomic mass is 9.90. The van der Waals surface area contributed by atoms with Crippen molar-refractivity contribution in [1.82, 2.24) is 0 Å².